The minimum Gasteiger partial charge on any atom is -0.396 e. The zero-order valence-electron chi connectivity index (χ0n) is 16.4. The molecule has 2 atom stereocenters. The van der Waals surface area contributed by atoms with E-state index >= 15 is 0 Å². The minimum atomic E-state index is -3.37. The molecule has 2 aliphatic heterocycles. The highest BCUT2D eigenvalue weighted by atomic mass is 32.2. The van der Waals surface area contributed by atoms with Crippen LogP contribution in [-0.4, -0.2) is 73.3 Å². The molecule has 2 aliphatic rings. The van der Waals surface area contributed by atoms with Crippen molar-refractivity contribution in [3.05, 3.63) is 59.9 Å². The summed E-state index contributed by atoms with van der Waals surface area (Å²) >= 11 is 0. The number of nitrogens with zero attached hydrogens (tertiary/aromatic N) is 3. The van der Waals surface area contributed by atoms with E-state index in [4.69, 9.17) is 0 Å². The fourth-order valence-corrected chi connectivity index (χ4v) is 5.25. The van der Waals surface area contributed by atoms with Crippen molar-refractivity contribution in [1.82, 2.24) is 14.8 Å². The summed E-state index contributed by atoms with van der Waals surface area (Å²) in [5.74, 6) is 0.00254. The fraction of sp³-hybridized carbons (Fsp3) is 0.429. The van der Waals surface area contributed by atoms with Gasteiger partial charge in [-0.2, -0.15) is 0 Å². The molecule has 0 spiro atoms. The van der Waals surface area contributed by atoms with E-state index in [2.05, 4.69) is 9.88 Å². The molecule has 3 heterocycles. The number of hydrogen-bond acceptors (Lipinski definition) is 6. The normalized spacial score (nSPS) is 24.6. The van der Waals surface area contributed by atoms with Gasteiger partial charge in [0.1, 0.15) is 0 Å². The Morgan fingerprint density at radius 2 is 2.07 bits per heavy atom. The van der Waals surface area contributed by atoms with Crippen LogP contribution in [-0.2, 0) is 16.4 Å². The largest absolute Gasteiger partial charge is 0.396 e. The maximum absolute atomic E-state index is 13.0. The van der Waals surface area contributed by atoms with Crippen molar-refractivity contribution in [3.8, 4) is 0 Å². The van der Waals surface area contributed by atoms with Crippen LogP contribution in [0.2, 0.25) is 0 Å². The lowest BCUT2D eigenvalue weighted by Gasteiger charge is -2.27. The zero-order chi connectivity index (χ0) is 20.6. The van der Waals surface area contributed by atoms with Crippen molar-refractivity contribution in [1.29, 1.82) is 0 Å². The van der Waals surface area contributed by atoms with Gasteiger partial charge in [0.05, 0.1) is 11.5 Å². The lowest BCUT2D eigenvalue weighted by atomic mass is 9.82. The van der Waals surface area contributed by atoms with Gasteiger partial charge in [-0.3, -0.25) is 14.7 Å². The molecule has 1 aromatic carbocycles. The number of aliphatic hydroxyl groups is 1. The lowest BCUT2D eigenvalue weighted by molar-refractivity contribution is 0.0718. The summed E-state index contributed by atoms with van der Waals surface area (Å²) in [5.41, 5.74) is 1.16. The molecule has 29 heavy (non-hydrogen) atoms. The molecule has 0 aliphatic carbocycles. The molecule has 1 aromatic heterocycles. The predicted octanol–water partition coefficient (Wildman–Crippen LogP) is 1.05. The number of likely N-dealkylation sites (tertiary alicyclic amines) is 2. The number of pyridine rings is 1. The lowest BCUT2D eigenvalue weighted by Crippen LogP contribution is -2.38. The Balaban J connectivity index is 1.48. The SMILES string of the molecule is CS(=O)(=O)c1cccc(C(=O)N2CC3CN(Cc4cccnc4)CC3(CO)C2)c1. The van der Waals surface area contributed by atoms with Crippen molar-refractivity contribution >= 4 is 15.7 Å². The molecule has 4 rings (SSSR count). The average Bonchev–Trinajstić information content (AvgIpc) is 3.22. The number of benzene rings is 1. The van der Waals surface area contributed by atoms with Crippen LogP contribution in [0.25, 0.3) is 0 Å². The van der Waals surface area contributed by atoms with Gasteiger partial charge >= 0.3 is 0 Å². The summed E-state index contributed by atoms with van der Waals surface area (Å²) in [6, 6.07) is 10.1. The molecule has 2 unspecified atom stereocenters. The maximum atomic E-state index is 13.0. The van der Waals surface area contributed by atoms with Crippen molar-refractivity contribution < 1.29 is 18.3 Å². The van der Waals surface area contributed by atoms with Crippen LogP contribution < -0.4 is 0 Å². The highest BCUT2D eigenvalue weighted by Gasteiger charge is 2.53. The van der Waals surface area contributed by atoms with Crippen molar-refractivity contribution in [2.75, 3.05) is 39.0 Å². The van der Waals surface area contributed by atoms with Crippen molar-refractivity contribution in [3.63, 3.8) is 0 Å². The molecular formula is C21H25N3O4S. The molecule has 0 radical (unpaired) electrons. The summed E-state index contributed by atoms with van der Waals surface area (Å²) in [7, 11) is -3.37. The molecule has 0 bridgehead atoms. The van der Waals surface area contributed by atoms with Crippen LogP contribution >= 0.6 is 0 Å². The Labute approximate surface area is 170 Å². The molecule has 1 amide bonds. The number of fused-ring (bicyclic) bond motifs is 1. The number of carbonyl (C=O) groups excluding carboxylic acids is 1. The van der Waals surface area contributed by atoms with E-state index in [1.54, 1.807) is 23.2 Å². The van der Waals surface area contributed by atoms with E-state index in [0.717, 1.165) is 31.5 Å². The van der Waals surface area contributed by atoms with Gasteiger partial charge in [-0.25, -0.2) is 8.42 Å². The second-order valence-electron chi connectivity index (χ2n) is 8.23. The molecule has 1 N–H and O–H groups in total. The van der Waals surface area contributed by atoms with Crippen LogP contribution in [0.1, 0.15) is 15.9 Å². The molecule has 0 saturated carbocycles. The Hall–Kier alpha value is -2.29. The van der Waals surface area contributed by atoms with Crippen molar-refractivity contribution in [2.45, 2.75) is 11.4 Å². The third-order valence-corrected chi connectivity index (χ3v) is 7.18. The number of carbonyl (C=O) groups is 1. The Morgan fingerprint density at radius 3 is 2.72 bits per heavy atom. The molecule has 2 fully saturated rings. The van der Waals surface area contributed by atoms with E-state index in [1.807, 2.05) is 18.3 Å². The first-order valence-electron chi connectivity index (χ1n) is 9.62. The van der Waals surface area contributed by atoms with Crippen LogP contribution in [0.4, 0.5) is 0 Å². The second-order valence-corrected chi connectivity index (χ2v) is 10.2. The van der Waals surface area contributed by atoms with Crippen LogP contribution in [0.3, 0.4) is 0 Å². The second kappa shape index (κ2) is 7.51. The number of aromatic nitrogens is 1. The van der Waals surface area contributed by atoms with E-state index in [9.17, 15) is 18.3 Å². The summed E-state index contributed by atoms with van der Waals surface area (Å²) in [5, 5.41) is 10.2. The average molecular weight is 416 g/mol. The summed E-state index contributed by atoms with van der Waals surface area (Å²) < 4.78 is 23.6. The Bertz CT molecular complexity index is 1010. The minimum absolute atomic E-state index is 0.0222. The summed E-state index contributed by atoms with van der Waals surface area (Å²) in [4.78, 5) is 21.4. The standard InChI is InChI=1S/C21H25N3O4S/c1-29(27,28)19-6-2-5-17(8-19)20(26)24-12-18-11-23(13-21(18,14-24)15-25)10-16-4-3-7-22-9-16/h2-9,18,25H,10-15H2,1H3. The first-order valence-corrected chi connectivity index (χ1v) is 11.5. The van der Waals surface area contributed by atoms with Gasteiger partial charge in [0.15, 0.2) is 9.84 Å². The van der Waals surface area contributed by atoms with Gasteiger partial charge in [-0.05, 0) is 35.7 Å². The first kappa shape index (κ1) is 20.0. The van der Waals surface area contributed by atoms with E-state index in [0.29, 0.717) is 18.7 Å². The van der Waals surface area contributed by atoms with E-state index in [-0.39, 0.29) is 28.7 Å². The van der Waals surface area contributed by atoms with Crippen LogP contribution in [0.15, 0.2) is 53.7 Å². The Kier molecular flexibility index (Phi) is 5.18. The molecule has 2 aromatic rings. The van der Waals surface area contributed by atoms with Gasteiger partial charge in [0.2, 0.25) is 0 Å². The predicted molar refractivity (Wildman–Crippen MR) is 108 cm³/mol. The van der Waals surface area contributed by atoms with Crippen molar-refractivity contribution in [2.24, 2.45) is 11.3 Å². The van der Waals surface area contributed by atoms with Crippen LogP contribution in [0, 0.1) is 11.3 Å². The monoisotopic (exact) mass is 415 g/mol. The highest BCUT2D eigenvalue weighted by molar-refractivity contribution is 7.90. The fourth-order valence-electron chi connectivity index (χ4n) is 4.58. The highest BCUT2D eigenvalue weighted by Crippen LogP contribution is 2.43. The van der Waals surface area contributed by atoms with E-state index < -0.39 is 9.84 Å². The smallest absolute Gasteiger partial charge is 0.253 e. The van der Waals surface area contributed by atoms with E-state index in [1.165, 1.54) is 12.1 Å². The molecule has 154 valence electrons. The van der Waals surface area contributed by atoms with Crippen LogP contribution in [0.5, 0.6) is 0 Å². The summed E-state index contributed by atoms with van der Waals surface area (Å²) in [6.45, 7) is 3.36. The van der Waals surface area contributed by atoms with Gasteiger partial charge < -0.3 is 10.0 Å². The molecule has 8 heteroatoms. The summed E-state index contributed by atoms with van der Waals surface area (Å²) in [6.07, 6.45) is 4.73. The topological polar surface area (TPSA) is 90.8 Å². The number of rotatable bonds is 5. The number of amides is 1. The van der Waals surface area contributed by atoms with Gasteiger partial charge in [0, 0.05) is 62.4 Å². The molecule has 7 nitrogen and oxygen atoms in total. The van der Waals surface area contributed by atoms with Gasteiger partial charge in [-0.1, -0.05) is 12.1 Å². The molecular weight excluding hydrogens is 390 g/mol. The number of sulfone groups is 1. The third kappa shape index (κ3) is 3.92. The van der Waals surface area contributed by atoms with Gasteiger partial charge in [-0.15, -0.1) is 0 Å². The number of aliphatic hydroxyl groups excluding tert-OH is 1. The quantitative estimate of drug-likeness (QED) is 0.785. The third-order valence-electron chi connectivity index (χ3n) is 6.07. The zero-order valence-corrected chi connectivity index (χ0v) is 17.2. The maximum Gasteiger partial charge on any atom is 0.253 e. The Morgan fingerprint density at radius 1 is 1.24 bits per heavy atom. The molecule has 2 saturated heterocycles. The number of hydrogen-bond donors (Lipinski definition) is 1. The van der Waals surface area contributed by atoms with Gasteiger partial charge in [0.25, 0.3) is 5.91 Å². The first-order chi connectivity index (χ1) is 13.8.